The van der Waals surface area contributed by atoms with E-state index in [0.29, 0.717) is 29.8 Å². The average molecular weight is 321 g/mol. The number of benzene rings is 1. The van der Waals surface area contributed by atoms with E-state index >= 15 is 0 Å². The van der Waals surface area contributed by atoms with E-state index in [-0.39, 0.29) is 6.03 Å². The highest BCUT2D eigenvalue weighted by atomic mass is 35.5. The number of aromatic nitrogens is 2. The van der Waals surface area contributed by atoms with Gasteiger partial charge in [-0.2, -0.15) is 0 Å². The van der Waals surface area contributed by atoms with Gasteiger partial charge in [-0.05, 0) is 24.6 Å². The Labute approximate surface area is 133 Å². The lowest BCUT2D eigenvalue weighted by Crippen LogP contribution is -2.33. The van der Waals surface area contributed by atoms with Crippen molar-refractivity contribution in [3.8, 4) is 5.69 Å². The lowest BCUT2D eigenvalue weighted by Gasteiger charge is -2.12. The van der Waals surface area contributed by atoms with Gasteiger partial charge in [-0.3, -0.25) is 0 Å². The molecule has 0 radical (unpaired) electrons. The molecular weight excluding hydrogens is 304 g/mol. The van der Waals surface area contributed by atoms with Crippen LogP contribution in [0, 0.1) is 5.92 Å². The zero-order valence-electron chi connectivity index (χ0n) is 12.0. The number of rotatable bonds is 4. The Hall–Kier alpha value is -2.05. The van der Waals surface area contributed by atoms with E-state index in [1.165, 1.54) is 0 Å². The first-order valence-corrected chi connectivity index (χ1v) is 7.50. The SMILES string of the molecule is O=C(NC[C@@H]1CCOC1)Nc1ccc(-n2ccnc2)c(Cl)c1. The maximum Gasteiger partial charge on any atom is 0.319 e. The van der Waals surface area contributed by atoms with Crippen molar-refractivity contribution < 1.29 is 9.53 Å². The number of carbonyl (C=O) groups excluding carboxylic acids is 1. The third-order valence-electron chi connectivity index (χ3n) is 3.56. The van der Waals surface area contributed by atoms with Crippen molar-refractivity contribution >= 4 is 23.3 Å². The number of halogens is 1. The van der Waals surface area contributed by atoms with Gasteiger partial charge >= 0.3 is 6.03 Å². The fraction of sp³-hybridized carbons (Fsp3) is 0.333. The number of nitrogens with zero attached hydrogens (tertiary/aromatic N) is 2. The first-order valence-electron chi connectivity index (χ1n) is 7.13. The van der Waals surface area contributed by atoms with Crippen LogP contribution in [0.3, 0.4) is 0 Å². The first-order chi connectivity index (χ1) is 10.7. The first kappa shape index (κ1) is 14.9. The zero-order chi connectivity index (χ0) is 15.4. The number of ether oxygens (including phenoxy) is 1. The molecule has 22 heavy (non-hydrogen) atoms. The van der Waals surface area contributed by atoms with E-state index in [2.05, 4.69) is 15.6 Å². The summed E-state index contributed by atoms with van der Waals surface area (Å²) in [6, 6.07) is 5.12. The van der Waals surface area contributed by atoms with E-state index in [1.807, 2.05) is 16.8 Å². The fourth-order valence-electron chi connectivity index (χ4n) is 2.35. The van der Waals surface area contributed by atoms with Gasteiger partial charge in [-0.1, -0.05) is 11.6 Å². The monoisotopic (exact) mass is 320 g/mol. The van der Waals surface area contributed by atoms with Crippen molar-refractivity contribution in [2.75, 3.05) is 25.1 Å². The minimum absolute atomic E-state index is 0.238. The highest BCUT2D eigenvalue weighted by molar-refractivity contribution is 6.32. The van der Waals surface area contributed by atoms with Gasteiger partial charge in [0.05, 0.1) is 23.6 Å². The Bertz CT molecular complexity index is 639. The van der Waals surface area contributed by atoms with E-state index in [1.54, 1.807) is 24.7 Å². The second kappa shape index (κ2) is 6.81. The summed E-state index contributed by atoms with van der Waals surface area (Å²) in [6.07, 6.45) is 6.16. The van der Waals surface area contributed by atoms with Crippen molar-refractivity contribution in [1.29, 1.82) is 0 Å². The molecule has 1 aliphatic heterocycles. The van der Waals surface area contributed by atoms with E-state index in [4.69, 9.17) is 16.3 Å². The quantitative estimate of drug-likeness (QED) is 0.910. The number of urea groups is 1. The minimum Gasteiger partial charge on any atom is -0.381 e. The summed E-state index contributed by atoms with van der Waals surface area (Å²) in [6.45, 7) is 2.11. The Morgan fingerprint density at radius 1 is 1.50 bits per heavy atom. The Morgan fingerprint density at radius 3 is 3.09 bits per heavy atom. The highest BCUT2D eigenvalue weighted by Crippen LogP contribution is 2.24. The predicted octanol–water partition coefficient (Wildman–Crippen LogP) is 2.68. The minimum atomic E-state index is -0.238. The number of nitrogens with one attached hydrogen (secondary N) is 2. The van der Waals surface area contributed by atoms with Gasteiger partial charge in [0.15, 0.2) is 0 Å². The number of hydrogen-bond donors (Lipinski definition) is 2. The molecule has 3 rings (SSSR count). The smallest absolute Gasteiger partial charge is 0.319 e. The van der Waals surface area contributed by atoms with Crippen molar-refractivity contribution in [3.63, 3.8) is 0 Å². The summed E-state index contributed by atoms with van der Waals surface area (Å²) < 4.78 is 7.09. The van der Waals surface area contributed by atoms with Crippen LogP contribution in [0.1, 0.15) is 6.42 Å². The van der Waals surface area contributed by atoms with Gasteiger partial charge in [0, 0.05) is 37.2 Å². The molecule has 6 nitrogen and oxygen atoms in total. The van der Waals surface area contributed by atoms with Gasteiger partial charge in [0.25, 0.3) is 0 Å². The van der Waals surface area contributed by atoms with Crippen LogP contribution in [-0.2, 0) is 4.74 Å². The van der Waals surface area contributed by atoms with Gasteiger partial charge in [-0.15, -0.1) is 0 Å². The maximum atomic E-state index is 11.9. The molecule has 116 valence electrons. The Morgan fingerprint density at radius 2 is 2.41 bits per heavy atom. The maximum absolute atomic E-state index is 11.9. The number of hydrogen-bond acceptors (Lipinski definition) is 3. The molecule has 1 aliphatic rings. The van der Waals surface area contributed by atoms with Crippen LogP contribution in [0.2, 0.25) is 5.02 Å². The Kier molecular flexibility index (Phi) is 4.60. The van der Waals surface area contributed by atoms with Crippen LogP contribution in [0.15, 0.2) is 36.9 Å². The summed E-state index contributed by atoms with van der Waals surface area (Å²) in [7, 11) is 0. The number of carbonyl (C=O) groups is 1. The van der Waals surface area contributed by atoms with Gasteiger partial charge in [0.2, 0.25) is 0 Å². The predicted molar refractivity (Wildman–Crippen MR) is 84.5 cm³/mol. The fourth-order valence-corrected chi connectivity index (χ4v) is 2.63. The molecule has 0 bridgehead atoms. The molecule has 7 heteroatoms. The van der Waals surface area contributed by atoms with Gasteiger partial charge in [0.1, 0.15) is 0 Å². The summed E-state index contributed by atoms with van der Waals surface area (Å²) >= 11 is 6.25. The summed E-state index contributed by atoms with van der Waals surface area (Å²) in [4.78, 5) is 15.9. The van der Waals surface area contributed by atoms with Gasteiger partial charge < -0.3 is 19.9 Å². The second-order valence-electron chi connectivity index (χ2n) is 5.20. The molecule has 1 saturated heterocycles. The topological polar surface area (TPSA) is 68.2 Å². The molecule has 1 atom stereocenters. The van der Waals surface area contributed by atoms with E-state index in [9.17, 15) is 4.79 Å². The van der Waals surface area contributed by atoms with E-state index < -0.39 is 0 Å². The van der Waals surface area contributed by atoms with Crippen LogP contribution in [0.25, 0.3) is 5.69 Å². The largest absolute Gasteiger partial charge is 0.381 e. The average Bonchev–Trinajstić information content (AvgIpc) is 3.19. The number of imidazole rings is 1. The molecule has 0 spiro atoms. The van der Waals surface area contributed by atoms with Crippen molar-refractivity contribution in [2.45, 2.75) is 6.42 Å². The molecule has 1 aromatic carbocycles. The zero-order valence-corrected chi connectivity index (χ0v) is 12.7. The molecule has 2 heterocycles. The number of anilines is 1. The lowest BCUT2D eigenvalue weighted by molar-refractivity contribution is 0.185. The van der Waals surface area contributed by atoms with Crippen molar-refractivity contribution in [2.24, 2.45) is 5.92 Å². The van der Waals surface area contributed by atoms with Crippen LogP contribution in [0.5, 0.6) is 0 Å². The summed E-state index contributed by atoms with van der Waals surface area (Å²) in [5, 5.41) is 6.17. The van der Waals surface area contributed by atoms with Crippen LogP contribution < -0.4 is 10.6 Å². The van der Waals surface area contributed by atoms with Crippen LogP contribution in [0.4, 0.5) is 10.5 Å². The standard InChI is InChI=1S/C15H17ClN4O2/c16-13-7-12(1-2-14(13)20-5-4-17-10-20)19-15(21)18-8-11-3-6-22-9-11/h1-2,4-5,7,10-11H,3,6,8-9H2,(H2,18,19,21)/t11-/m0/s1. The molecule has 1 aromatic heterocycles. The third kappa shape index (κ3) is 3.58. The second-order valence-corrected chi connectivity index (χ2v) is 5.61. The molecule has 1 fully saturated rings. The molecule has 2 N–H and O–H groups in total. The highest BCUT2D eigenvalue weighted by Gasteiger charge is 2.16. The molecule has 0 unspecified atom stereocenters. The Balaban J connectivity index is 1.58. The van der Waals surface area contributed by atoms with Crippen LogP contribution in [-0.4, -0.2) is 35.3 Å². The lowest BCUT2D eigenvalue weighted by atomic mass is 10.1. The molecule has 2 amide bonds. The molecule has 0 aliphatic carbocycles. The van der Waals surface area contributed by atoms with Gasteiger partial charge in [-0.25, -0.2) is 9.78 Å². The number of amides is 2. The van der Waals surface area contributed by atoms with Crippen LogP contribution >= 0.6 is 11.6 Å². The normalized spacial score (nSPS) is 17.4. The summed E-state index contributed by atoms with van der Waals surface area (Å²) in [5.41, 5.74) is 1.46. The van der Waals surface area contributed by atoms with Crippen molar-refractivity contribution in [1.82, 2.24) is 14.9 Å². The van der Waals surface area contributed by atoms with E-state index in [0.717, 1.165) is 18.7 Å². The van der Waals surface area contributed by atoms with Crippen molar-refractivity contribution in [3.05, 3.63) is 41.9 Å². The molecule has 2 aromatic rings. The third-order valence-corrected chi connectivity index (χ3v) is 3.87. The molecule has 0 saturated carbocycles. The summed E-state index contributed by atoms with van der Waals surface area (Å²) in [5.74, 6) is 0.401. The molecular formula is C15H17ClN4O2.